The molecule has 1 amide bonds. The van der Waals surface area contributed by atoms with Crippen molar-refractivity contribution in [3.8, 4) is 0 Å². The maximum atomic E-state index is 12.9. The van der Waals surface area contributed by atoms with Crippen LogP contribution in [0, 0.1) is 0 Å². The van der Waals surface area contributed by atoms with Gasteiger partial charge in [0.2, 0.25) is 5.91 Å². The van der Waals surface area contributed by atoms with E-state index in [2.05, 4.69) is 55.6 Å². The van der Waals surface area contributed by atoms with Gasteiger partial charge < -0.3 is 19.8 Å². The van der Waals surface area contributed by atoms with Crippen molar-refractivity contribution in [2.75, 3.05) is 40.9 Å². The number of unbranched alkanes of at least 4 members (excludes halogenated alkanes) is 22. The second-order valence-electron chi connectivity index (χ2n) is 16.8. The Morgan fingerprint density at radius 3 is 1.43 bits per heavy atom. The topological polar surface area (TPSA) is 105 Å². The number of hydrogen-bond donors (Lipinski definition) is 3. The van der Waals surface area contributed by atoms with E-state index < -0.39 is 20.0 Å². The van der Waals surface area contributed by atoms with Crippen LogP contribution in [0.2, 0.25) is 0 Å². The third kappa shape index (κ3) is 40.6. The first-order valence-electron chi connectivity index (χ1n) is 23.0. The standard InChI is InChI=1S/C47H89N2O6P/c1-6-8-10-12-14-16-18-20-22-23-24-25-27-28-30-32-34-36-38-40-46(50)45(44-55-56(52,53)54-43-42-49(3,4)5)48-47(51)41-39-37-35-33-31-29-26-21-19-17-15-13-11-9-7-2/h21,24-26,30,32,38,40,45-46,50H,6-20,22-23,27-29,31,33-37,39,41-44H2,1-5H3,(H-,48,51,52,53)/p+1/b25-24+,26-21-,32-30+,40-38+. The molecule has 0 heterocycles. The van der Waals surface area contributed by atoms with E-state index in [1.165, 1.54) is 116 Å². The fourth-order valence-corrected chi connectivity index (χ4v) is 7.04. The van der Waals surface area contributed by atoms with E-state index >= 15 is 0 Å². The van der Waals surface area contributed by atoms with Gasteiger partial charge in [-0.1, -0.05) is 165 Å². The first-order chi connectivity index (χ1) is 27.0. The monoisotopic (exact) mass is 810 g/mol. The minimum absolute atomic E-state index is 0.0510. The smallest absolute Gasteiger partial charge is 0.387 e. The van der Waals surface area contributed by atoms with E-state index in [1.54, 1.807) is 6.08 Å². The van der Waals surface area contributed by atoms with Crippen molar-refractivity contribution >= 4 is 13.7 Å². The largest absolute Gasteiger partial charge is 0.472 e. The molecule has 328 valence electrons. The molecule has 0 aromatic rings. The van der Waals surface area contributed by atoms with Crippen molar-refractivity contribution in [2.45, 2.75) is 206 Å². The zero-order valence-electron chi connectivity index (χ0n) is 37.1. The van der Waals surface area contributed by atoms with Crippen LogP contribution in [-0.2, 0) is 18.4 Å². The molecule has 3 atom stereocenters. The number of carbonyl (C=O) groups is 1. The maximum absolute atomic E-state index is 12.9. The first-order valence-corrected chi connectivity index (χ1v) is 24.5. The van der Waals surface area contributed by atoms with Gasteiger partial charge in [-0.3, -0.25) is 13.8 Å². The van der Waals surface area contributed by atoms with Gasteiger partial charge in [-0.15, -0.1) is 0 Å². The number of aliphatic hydroxyl groups is 1. The highest BCUT2D eigenvalue weighted by Gasteiger charge is 2.27. The fraction of sp³-hybridized carbons (Fsp3) is 0.809. The van der Waals surface area contributed by atoms with Gasteiger partial charge in [-0.2, -0.15) is 0 Å². The highest BCUT2D eigenvalue weighted by Crippen LogP contribution is 2.43. The second-order valence-corrected chi connectivity index (χ2v) is 18.2. The van der Waals surface area contributed by atoms with Gasteiger partial charge in [0.05, 0.1) is 39.9 Å². The predicted octanol–water partition coefficient (Wildman–Crippen LogP) is 12.9. The molecule has 56 heavy (non-hydrogen) atoms. The molecule has 0 aromatic carbocycles. The summed E-state index contributed by atoms with van der Waals surface area (Å²) in [6, 6.07) is -0.873. The van der Waals surface area contributed by atoms with Gasteiger partial charge >= 0.3 is 7.82 Å². The minimum atomic E-state index is -4.35. The van der Waals surface area contributed by atoms with Crippen LogP contribution in [0.25, 0.3) is 0 Å². The normalized spacial score (nSPS) is 14.8. The number of nitrogens with zero attached hydrogens (tertiary/aromatic N) is 1. The van der Waals surface area contributed by atoms with Crippen LogP contribution < -0.4 is 5.32 Å². The Balaban J connectivity index is 4.51. The van der Waals surface area contributed by atoms with Crippen molar-refractivity contribution in [3.63, 3.8) is 0 Å². The lowest BCUT2D eigenvalue weighted by atomic mass is 10.1. The molecule has 0 saturated carbocycles. The number of rotatable bonds is 41. The molecule has 9 heteroatoms. The lowest BCUT2D eigenvalue weighted by Gasteiger charge is -2.25. The van der Waals surface area contributed by atoms with Crippen LogP contribution >= 0.6 is 7.82 Å². The van der Waals surface area contributed by atoms with Crippen LogP contribution in [0.4, 0.5) is 0 Å². The molecule has 0 aliphatic carbocycles. The quantitative estimate of drug-likeness (QED) is 0.0246. The highest BCUT2D eigenvalue weighted by atomic mass is 31.2. The van der Waals surface area contributed by atoms with Crippen LogP contribution in [-0.4, -0.2) is 73.4 Å². The number of carbonyl (C=O) groups excluding carboxylic acids is 1. The summed E-state index contributed by atoms with van der Waals surface area (Å²) in [6.45, 7) is 4.76. The number of phosphoric ester groups is 1. The Morgan fingerprint density at radius 2 is 0.982 bits per heavy atom. The van der Waals surface area contributed by atoms with Crippen molar-refractivity contribution in [3.05, 3.63) is 48.6 Å². The predicted molar refractivity (Wildman–Crippen MR) is 240 cm³/mol. The molecule has 3 unspecified atom stereocenters. The molecule has 0 aliphatic rings. The molecule has 0 bridgehead atoms. The molecule has 0 aliphatic heterocycles. The molecule has 0 saturated heterocycles. The van der Waals surface area contributed by atoms with E-state index in [0.29, 0.717) is 17.4 Å². The average Bonchev–Trinajstić information content (AvgIpc) is 3.15. The molecule has 8 nitrogen and oxygen atoms in total. The van der Waals surface area contributed by atoms with Gasteiger partial charge in [0.25, 0.3) is 0 Å². The third-order valence-corrected chi connectivity index (χ3v) is 11.0. The number of amides is 1. The van der Waals surface area contributed by atoms with E-state index in [1.807, 2.05) is 27.2 Å². The molecular formula is C47H90N2O6P+. The zero-order chi connectivity index (χ0) is 41.4. The number of nitrogens with one attached hydrogen (secondary N) is 1. The molecule has 0 radical (unpaired) electrons. The van der Waals surface area contributed by atoms with Gasteiger partial charge in [-0.05, 0) is 70.6 Å². The second kappa shape index (κ2) is 38.9. The van der Waals surface area contributed by atoms with Crippen LogP contribution in [0.3, 0.4) is 0 Å². The minimum Gasteiger partial charge on any atom is -0.387 e. The zero-order valence-corrected chi connectivity index (χ0v) is 38.0. The molecule has 0 rings (SSSR count). The fourth-order valence-electron chi connectivity index (χ4n) is 6.30. The number of likely N-dealkylation sites (N-methyl/N-ethyl adjacent to an activating group) is 1. The molecule has 0 fully saturated rings. The van der Waals surface area contributed by atoms with Crippen LogP contribution in [0.15, 0.2) is 48.6 Å². The summed E-state index contributed by atoms with van der Waals surface area (Å²) in [5.41, 5.74) is 0. The van der Waals surface area contributed by atoms with Crippen LogP contribution in [0.5, 0.6) is 0 Å². The number of aliphatic hydroxyl groups excluding tert-OH is 1. The molecule has 0 aromatic heterocycles. The highest BCUT2D eigenvalue weighted by molar-refractivity contribution is 7.47. The summed E-state index contributed by atoms with van der Waals surface area (Å²) < 4.78 is 23.5. The number of phosphoric acid groups is 1. The number of quaternary nitrogens is 1. The summed E-state index contributed by atoms with van der Waals surface area (Å²) in [4.78, 5) is 23.1. The number of allylic oxidation sites excluding steroid dienone is 7. The van der Waals surface area contributed by atoms with Crippen LogP contribution in [0.1, 0.15) is 194 Å². The van der Waals surface area contributed by atoms with E-state index in [9.17, 15) is 19.4 Å². The van der Waals surface area contributed by atoms with Gasteiger partial charge in [0, 0.05) is 6.42 Å². The lowest BCUT2D eigenvalue weighted by Crippen LogP contribution is -2.45. The summed E-state index contributed by atoms with van der Waals surface area (Å²) in [6.07, 6.45) is 49.0. The Labute approximate surface area is 346 Å². The van der Waals surface area contributed by atoms with Crippen molar-refractivity contribution in [1.29, 1.82) is 0 Å². The Bertz CT molecular complexity index is 1050. The first kappa shape index (κ1) is 54.5. The number of hydrogen-bond acceptors (Lipinski definition) is 5. The van der Waals surface area contributed by atoms with Gasteiger partial charge in [0.15, 0.2) is 0 Å². The van der Waals surface area contributed by atoms with Crippen molar-refractivity contribution < 1.29 is 32.9 Å². The lowest BCUT2D eigenvalue weighted by molar-refractivity contribution is -0.870. The average molecular weight is 810 g/mol. The van der Waals surface area contributed by atoms with Gasteiger partial charge in [-0.25, -0.2) is 4.57 Å². The Morgan fingerprint density at radius 1 is 0.589 bits per heavy atom. The van der Waals surface area contributed by atoms with E-state index in [4.69, 9.17) is 9.05 Å². The third-order valence-electron chi connectivity index (χ3n) is 10.00. The summed E-state index contributed by atoms with van der Waals surface area (Å²) in [7, 11) is 1.54. The van der Waals surface area contributed by atoms with Gasteiger partial charge in [0.1, 0.15) is 13.2 Å². The maximum Gasteiger partial charge on any atom is 0.472 e. The molecule has 3 N–H and O–H groups in total. The summed E-state index contributed by atoms with van der Waals surface area (Å²) in [5, 5.41) is 13.8. The van der Waals surface area contributed by atoms with Crippen molar-refractivity contribution in [2.24, 2.45) is 0 Å². The molecule has 0 spiro atoms. The van der Waals surface area contributed by atoms with E-state index in [0.717, 1.165) is 57.8 Å². The van der Waals surface area contributed by atoms with E-state index in [-0.39, 0.29) is 19.1 Å². The Kier molecular flexibility index (Phi) is 37.9. The summed E-state index contributed by atoms with van der Waals surface area (Å²) in [5.74, 6) is -0.201. The molecular weight excluding hydrogens is 719 g/mol. The Hall–Kier alpha value is -1.54. The summed E-state index contributed by atoms with van der Waals surface area (Å²) >= 11 is 0. The van der Waals surface area contributed by atoms with Crippen molar-refractivity contribution in [1.82, 2.24) is 5.32 Å². The SMILES string of the molecule is CCCCCCCC/C=C\CCCCCCCC(=O)NC(COP(=O)(O)OCC[N+](C)(C)C)C(O)/C=C/CC/C=C/CC/C=C/CCCCCCCCCCC.